The molecule has 1 heterocycles. The van der Waals surface area contributed by atoms with Gasteiger partial charge in [0, 0.05) is 24.6 Å². The van der Waals surface area contributed by atoms with Gasteiger partial charge in [-0.3, -0.25) is 9.59 Å². The number of rotatable bonds is 5. The second kappa shape index (κ2) is 8.20. The van der Waals surface area contributed by atoms with E-state index in [0.29, 0.717) is 37.2 Å². The highest BCUT2D eigenvalue weighted by atomic mass is 19.1. The van der Waals surface area contributed by atoms with Crippen LogP contribution in [0.5, 0.6) is 11.5 Å². The van der Waals surface area contributed by atoms with Gasteiger partial charge in [0.15, 0.2) is 17.3 Å². The molecule has 1 fully saturated rings. The Bertz CT molecular complexity index is 852. The Hall–Kier alpha value is -2.89. The van der Waals surface area contributed by atoms with E-state index in [4.69, 9.17) is 9.47 Å². The van der Waals surface area contributed by atoms with Crippen LogP contribution in [0.3, 0.4) is 0 Å². The third kappa shape index (κ3) is 3.94. The Morgan fingerprint density at radius 2 is 1.89 bits per heavy atom. The first-order valence-electron chi connectivity index (χ1n) is 8.85. The molecule has 142 valence electrons. The van der Waals surface area contributed by atoms with E-state index in [1.54, 1.807) is 36.3 Å². The number of halogens is 1. The quantitative estimate of drug-likeness (QED) is 0.754. The fourth-order valence-electron chi connectivity index (χ4n) is 3.44. The summed E-state index contributed by atoms with van der Waals surface area (Å²) >= 11 is 0. The number of Topliss-reactive ketones (excluding diaryl/α,β-unsaturated/α-hetero) is 1. The lowest BCUT2D eigenvalue weighted by atomic mass is 9.89. The van der Waals surface area contributed by atoms with E-state index in [9.17, 15) is 14.0 Å². The molecule has 2 aromatic rings. The molecule has 1 atom stereocenters. The smallest absolute Gasteiger partial charge is 0.257 e. The van der Waals surface area contributed by atoms with Gasteiger partial charge in [0.25, 0.3) is 5.91 Å². The van der Waals surface area contributed by atoms with Crippen LogP contribution in [-0.2, 0) is 0 Å². The summed E-state index contributed by atoms with van der Waals surface area (Å²) in [6.07, 6.45) is 1.42. The van der Waals surface area contributed by atoms with Crippen LogP contribution in [0.1, 0.15) is 33.6 Å². The average molecular weight is 371 g/mol. The van der Waals surface area contributed by atoms with Crippen LogP contribution in [0.15, 0.2) is 42.5 Å². The first-order chi connectivity index (χ1) is 13.0. The zero-order chi connectivity index (χ0) is 19.4. The lowest BCUT2D eigenvalue weighted by molar-refractivity contribution is 0.0633. The number of piperidine rings is 1. The van der Waals surface area contributed by atoms with Crippen molar-refractivity contribution in [3.05, 3.63) is 59.4 Å². The topological polar surface area (TPSA) is 55.8 Å². The molecule has 0 aromatic heterocycles. The molecular formula is C21H22FNO4. The first-order valence-corrected chi connectivity index (χ1v) is 8.85. The maximum absolute atomic E-state index is 13.9. The number of amides is 1. The minimum absolute atomic E-state index is 0.0161. The molecule has 1 aliphatic rings. The van der Waals surface area contributed by atoms with Crippen LogP contribution >= 0.6 is 0 Å². The van der Waals surface area contributed by atoms with Crippen molar-refractivity contribution in [1.82, 2.24) is 4.90 Å². The summed E-state index contributed by atoms with van der Waals surface area (Å²) < 4.78 is 24.1. The van der Waals surface area contributed by atoms with Gasteiger partial charge in [0.2, 0.25) is 0 Å². The molecule has 3 rings (SSSR count). The van der Waals surface area contributed by atoms with E-state index in [-0.39, 0.29) is 28.9 Å². The number of para-hydroxylation sites is 1. The van der Waals surface area contributed by atoms with E-state index < -0.39 is 5.82 Å². The molecule has 0 saturated carbocycles. The predicted octanol–water partition coefficient (Wildman–Crippen LogP) is 3.58. The molecule has 0 N–H and O–H groups in total. The third-order valence-electron chi connectivity index (χ3n) is 4.84. The number of carbonyl (C=O) groups is 2. The molecule has 1 aliphatic heterocycles. The maximum atomic E-state index is 13.9. The SMILES string of the molecule is COc1cccc(C(=O)C2CCCN(C(=O)c3cccc(F)c3OC)C2)c1. The number of carbonyl (C=O) groups excluding carboxylic acids is 2. The third-order valence-corrected chi connectivity index (χ3v) is 4.84. The molecule has 1 amide bonds. The van der Waals surface area contributed by atoms with Crippen LogP contribution in [0.25, 0.3) is 0 Å². The molecule has 6 heteroatoms. The predicted molar refractivity (Wildman–Crippen MR) is 98.9 cm³/mol. The van der Waals surface area contributed by atoms with Crippen molar-refractivity contribution in [2.24, 2.45) is 5.92 Å². The summed E-state index contributed by atoms with van der Waals surface area (Å²) in [6, 6.07) is 11.3. The minimum atomic E-state index is -0.579. The summed E-state index contributed by atoms with van der Waals surface area (Å²) in [6.45, 7) is 0.828. The van der Waals surface area contributed by atoms with Crippen molar-refractivity contribution in [2.45, 2.75) is 12.8 Å². The fourth-order valence-corrected chi connectivity index (χ4v) is 3.44. The van der Waals surface area contributed by atoms with Crippen LogP contribution in [0.2, 0.25) is 0 Å². The van der Waals surface area contributed by atoms with E-state index in [0.717, 1.165) is 0 Å². The highest BCUT2D eigenvalue weighted by molar-refractivity contribution is 6.00. The minimum Gasteiger partial charge on any atom is -0.497 e. The van der Waals surface area contributed by atoms with Crippen molar-refractivity contribution >= 4 is 11.7 Å². The highest BCUT2D eigenvalue weighted by Crippen LogP contribution is 2.27. The van der Waals surface area contributed by atoms with Gasteiger partial charge < -0.3 is 14.4 Å². The zero-order valence-electron chi connectivity index (χ0n) is 15.4. The molecule has 0 spiro atoms. The van der Waals surface area contributed by atoms with Gasteiger partial charge in [0.1, 0.15) is 5.75 Å². The maximum Gasteiger partial charge on any atom is 0.257 e. The Morgan fingerprint density at radius 1 is 1.11 bits per heavy atom. The monoisotopic (exact) mass is 371 g/mol. The second-order valence-electron chi connectivity index (χ2n) is 6.51. The number of likely N-dealkylation sites (tertiary alicyclic amines) is 1. The average Bonchev–Trinajstić information content (AvgIpc) is 2.72. The Kier molecular flexibility index (Phi) is 5.74. The van der Waals surface area contributed by atoms with Gasteiger partial charge in [-0.25, -0.2) is 4.39 Å². The summed E-state index contributed by atoms with van der Waals surface area (Å²) in [7, 11) is 2.89. The molecule has 1 saturated heterocycles. The summed E-state index contributed by atoms with van der Waals surface area (Å²) in [5, 5.41) is 0. The van der Waals surface area contributed by atoms with Crippen LogP contribution in [0.4, 0.5) is 4.39 Å². The number of ether oxygens (including phenoxy) is 2. The second-order valence-corrected chi connectivity index (χ2v) is 6.51. The van der Waals surface area contributed by atoms with Gasteiger partial charge in [-0.05, 0) is 37.1 Å². The summed E-state index contributed by atoms with van der Waals surface area (Å²) in [5.74, 6) is -0.663. The molecule has 2 aromatic carbocycles. The van der Waals surface area contributed by atoms with Crippen molar-refractivity contribution in [3.8, 4) is 11.5 Å². The van der Waals surface area contributed by atoms with E-state index in [1.807, 2.05) is 0 Å². The van der Waals surface area contributed by atoms with Crippen molar-refractivity contribution in [1.29, 1.82) is 0 Å². The fraction of sp³-hybridized carbons (Fsp3) is 0.333. The van der Waals surface area contributed by atoms with E-state index in [1.165, 1.54) is 25.3 Å². The van der Waals surface area contributed by atoms with E-state index in [2.05, 4.69) is 0 Å². The number of methoxy groups -OCH3 is 2. The summed E-state index contributed by atoms with van der Waals surface area (Å²) in [5.41, 5.74) is 0.740. The molecule has 27 heavy (non-hydrogen) atoms. The highest BCUT2D eigenvalue weighted by Gasteiger charge is 2.31. The van der Waals surface area contributed by atoms with Crippen molar-refractivity contribution in [2.75, 3.05) is 27.3 Å². The standard InChI is InChI=1S/C21H22FNO4/c1-26-16-8-3-6-14(12-16)19(24)15-7-5-11-23(13-15)21(25)17-9-4-10-18(22)20(17)27-2/h3-4,6,8-10,12,15H,5,7,11,13H2,1-2H3. The van der Waals surface area contributed by atoms with Crippen molar-refractivity contribution < 1.29 is 23.5 Å². The van der Waals surface area contributed by atoms with Gasteiger partial charge in [-0.15, -0.1) is 0 Å². The molecule has 1 unspecified atom stereocenters. The van der Waals surface area contributed by atoms with Crippen molar-refractivity contribution in [3.63, 3.8) is 0 Å². The van der Waals surface area contributed by atoms with Crippen LogP contribution in [0, 0.1) is 11.7 Å². The lowest BCUT2D eigenvalue weighted by Crippen LogP contribution is -2.42. The van der Waals surface area contributed by atoms with Gasteiger partial charge in [0.05, 0.1) is 19.8 Å². The number of nitrogens with zero attached hydrogens (tertiary/aromatic N) is 1. The lowest BCUT2D eigenvalue weighted by Gasteiger charge is -2.32. The molecule has 5 nitrogen and oxygen atoms in total. The summed E-state index contributed by atoms with van der Waals surface area (Å²) in [4.78, 5) is 27.4. The van der Waals surface area contributed by atoms with Gasteiger partial charge in [-0.2, -0.15) is 0 Å². The number of benzene rings is 2. The van der Waals surface area contributed by atoms with Gasteiger partial charge in [-0.1, -0.05) is 18.2 Å². The Labute approximate surface area is 157 Å². The molecular weight excluding hydrogens is 349 g/mol. The number of ketones is 1. The molecule has 0 radical (unpaired) electrons. The Balaban J connectivity index is 1.79. The van der Waals surface area contributed by atoms with Crippen LogP contribution in [-0.4, -0.2) is 43.9 Å². The normalized spacial score (nSPS) is 16.7. The number of hydrogen-bond acceptors (Lipinski definition) is 4. The number of hydrogen-bond donors (Lipinski definition) is 0. The van der Waals surface area contributed by atoms with Gasteiger partial charge >= 0.3 is 0 Å². The first kappa shape index (κ1) is 18.9. The molecule has 0 bridgehead atoms. The molecule has 0 aliphatic carbocycles. The largest absolute Gasteiger partial charge is 0.497 e. The zero-order valence-corrected chi connectivity index (χ0v) is 15.4. The van der Waals surface area contributed by atoms with E-state index >= 15 is 0 Å². The Morgan fingerprint density at radius 3 is 2.63 bits per heavy atom. The van der Waals surface area contributed by atoms with Crippen LogP contribution < -0.4 is 9.47 Å².